The summed E-state index contributed by atoms with van der Waals surface area (Å²) in [5, 5.41) is 14.9. The van der Waals surface area contributed by atoms with Crippen LogP contribution in [0, 0.1) is 0 Å². The monoisotopic (exact) mass is 386 g/mol. The average molecular weight is 387 g/mol. The fourth-order valence-corrected chi connectivity index (χ4v) is 3.75. The van der Waals surface area contributed by atoms with Crippen molar-refractivity contribution in [2.75, 3.05) is 18.2 Å². The Bertz CT molecular complexity index is 855. The van der Waals surface area contributed by atoms with Gasteiger partial charge in [0.05, 0.1) is 18.6 Å². The van der Waals surface area contributed by atoms with Gasteiger partial charge < -0.3 is 15.4 Å². The Labute approximate surface area is 160 Å². The number of benzene rings is 2. The van der Waals surface area contributed by atoms with Crippen LogP contribution >= 0.6 is 23.1 Å². The normalized spacial score (nSPS) is 10.3. The number of rotatable bonds is 8. The van der Waals surface area contributed by atoms with Crippen molar-refractivity contribution in [1.29, 1.82) is 0 Å². The van der Waals surface area contributed by atoms with Gasteiger partial charge in [-0.05, 0) is 17.7 Å². The van der Waals surface area contributed by atoms with Crippen molar-refractivity contribution in [3.05, 3.63) is 60.2 Å². The second-order valence-electron chi connectivity index (χ2n) is 5.25. The van der Waals surface area contributed by atoms with Gasteiger partial charge in [-0.3, -0.25) is 4.79 Å². The molecule has 0 atom stereocenters. The maximum atomic E-state index is 12.0. The molecule has 6 nitrogen and oxygen atoms in total. The minimum Gasteiger partial charge on any atom is -0.495 e. The molecular weight excluding hydrogens is 368 g/mol. The number of anilines is 2. The van der Waals surface area contributed by atoms with Crippen molar-refractivity contribution in [2.24, 2.45) is 0 Å². The summed E-state index contributed by atoms with van der Waals surface area (Å²) in [5.74, 6) is 1.00. The van der Waals surface area contributed by atoms with Crippen LogP contribution in [0.5, 0.6) is 5.75 Å². The highest BCUT2D eigenvalue weighted by Crippen LogP contribution is 2.31. The van der Waals surface area contributed by atoms with Gasteiger partial charge in [0, 0.05) is 6.54 Å². The first-order valence-electron chi connectivity index (χ1n) is 7.91. The summed E-state index contributed by atoms with van der Waals surface area (Å²) in [6.07, 6.45) is 0. The van der Waals surface area contributed by atoms with Gasteiger partial charge in [-0.15, -0.1) is 10.2 Å². The predicted molar refractivity (Wildman–Crippen MR) is 105 cm³/mol. The van der Waals surface area contributed by atoms with Crippen LogP contribution in [-0.2, 0) is 11.3 Å². The number of carbonyl (C=O) groups excluding carboxylic acids is 1. The Balaban J connectivity index is 1.48. The standard InChI is InChI=1S/C18H18N4O2S2/c1-24-15-10-6-5-9-14(15)20-17-21-22-18(26-17)25-12-16(23)19-11-13-7-3-2-4-8-13/h2-10H,11-12H2,1H3,(H,19,23)(H,20,21). The van der Waals surface area contributed by atoms with Crippen molar-refractivity contribution in [1.82, 2.24) is 15.5 Å². The molecule has 0 aliphatic heterocycles. The lowest BCUT2D eigenvalue weighted by molar-refractivity contribution is -0.118. The van der Waals surface area contributed by atoms with Crippen LogP contribution in [0.1, 0.15) is 5.56 Å². The number of hydrogen-bond acceptors (Lipinski definition) is 7. The highest BCUT2D eigenvalue weighted by Gasteiger charge is 2.10. The quantitative estimate of drug-likeness (QED) is 0.575. The van der Waals surface area contributed by atoms with E-state index in [2.05, 4.69) is 20.8 Å². The van der Waals surface area contributed by atoms with Crippen molar-refractivity contribution < 1.29 is 9.53 Å². The molecule has 3 aromatic rings. The second kappa shape index (κ2) is 9.21. The van der Waals surface area contributed by atoms with Gasteiger partial charge in [-0.1, -0.05) is 65.6 Å². The van der Waals surface area contributed by atoms with E-state index in [4.69, 9.17) is 4.74 Å². The highest BCUT2D eigenvalue weighted by molar-refractivity contribution is 8.01. The van der Waals surface area contributed by atoms with Gasteiger partial charge in [0.1, 0.15) is 5.75 Å². The Morgan fingerprint density at radius 2 is 1.88 bits per heavy atom. The molecule has 0 saturated carbocycles. The molecule has 1 amide bonds. The summed E-state index contributed by atoms with van der Waals surface area (Å²) < 4.78 is 6.04. The van der Waals surface area contributed by atoms with E-state index in [1.54, 1.807) is 7.11 Å². The zero-order chi connectivity index (χ0) is 18.2. The molecule has 2 aromatic carbocycles. The van der Waals surface area contributed by atoms with Crippen LogP contribution in [-0.4, -0.2) is 29.0 Å². The Morgan fingerprint density at radius 3 is 2.69 bits per heavy atom. The van der Waals surface area contributed by atoms with Crippen molar-refractivity contribution in [3.63, 3.8) is 0 Å². The maximum absolute atomic E-state index is 12.0. The number of hydrogen-bond donors (Lipinski definition) is 2. The molecule has 134 valence electrons. The van der Waals surface area contributed by atoms with E-state index in [0.717, 1.165) is 21.3 Å². The molecule has 0 spiro atoms. The van der Waals surface area contributed by atoms with Crippen LogP contribution in [0.3, 0.4) is 0 Å². The molecule has 3 rings (SSSR count). The van der Waals surface area contributed by atoms with Crippen molar-refractivity contribution in [3.8, 4) is 5.75 Å². The Hall–Kier alpha value is -2.58. The molecule has 26 heavy (non-hydrogen) atoms. The molecule has 0 fully saturated rings. The molecule has 1 aromatic heterocycles. The molecule has 2 N–H and O–H groups in total. The van der Waals surface area contributed by atoms with Gasteiger partial charge in [0.25, 0.3) is 0 Å². The van der Waals surface area contributed by atoms with E-state index in [1.807, 2.05) is 54.6 Å². The summed E-state index contributed by atoms with van der Waals surface area (Å²) in [6, 6.07) is 17.4. The lowest BCUT2D eigenvalue weighted by atomic mass is 10.2. The smallest absolute Gasteiger partial charge is 0.230 e. The first kappa shape index (κ1) is 18.2. The molecule has 0 radical (unpaired) electrons. The van der Waals surface area contributed by atoms with Gasteiger partial charge >= 0.3 is 0 Å². The first-order chi connectivity index (χ1) is 12.7. The molecule has 0 aliphatic rings. The largest absolute Gasteiger partial charge is 0.495 e. The number of aromatic nitrogens is 2. The Kier molecular flexibility index (Phi) is 6.45. The number of amides is 1. The van der Waals surface area contributed by atoms with Gasteiger partial charge in [-0.2, -0.15) is 0 Å². The third kappa shape index (κ3) is 5.21. The number of nitrogens with one attached hydrogen (secondary N) is 2. The van der Waals surface area contributed by atoms with E-state index in [0.29, 0.717) is 17.4 Å². The predicted octanol–water partition coefficient (Wildman–Crippen LogP) is 3.70. The van der Waals surface area contributed by atoms with Crippen LogP contribution in [0.25, 0.3) is 0 Å². The van der Waals surface area contributed by atoms with Crippen molar-refractivity contribution in [2.45, 2.75) is 10.9 Å². The van der Waals surface area contributed by atoms with Gasteiger partial charge in [0.2, 0.25) is 11.0 Å². The molecular formula is C18H18N4O2S2. The van der Waals surface area contributed by atoms with E-state index < -0.39 is 0 Å². The summed E-state index contributed by atoms with van der Waals surface area (Å²) in [5.41, 5.74) is 1.90. The van der Waals surface area contributed by atoms with Crippen LogP contribution in [0.2, 0.25) is 0 Å². The lowest BCUT2D eigenvalue weighted by Gasteiger charge is -2.07. The fourth-order valence-electron chi connectivity index (χ4n) is 2.16. The average Bonchev–Trinajstić information content (AvgIpc) is 3.13. The molecule has 0 aliphatic carbocycles. The Morgan fingerprint density at radius 1 is 1.12 bits per heavy atom. The van der Waals surface area contributed by atoms with Crippen LogP contribution in [0.4, 0.5) is 10.8 Å². The first-order valence-corrected chi connectivity index (χ1v) is 9.72. The van der Waals surface area contributed by atoms with Crippen LogP contribution in [0.15, 0.2) is 58.9 Å². The summed E-state index contributed by atoms with van der Waals surface area (Å²) in [7, 11) is 1.62. The third-order valence-electron chi connectivity index (χ3n) is 3.41. The maximum Gasteiger partial charge on any atom is 0.230 e. The van der Waals surface area contributed by atoms with E-state index in [1.165, 1.54) is 23.1 Å². The van der Waals surface area contributed by atoms with E-state index in [-0.39, 0.29) is 5.91 Å². The topological polar surface area (TPSA) is 76.1 Å². The summed E-state index contributed by atoms with van der Waals surface area (Å²) >= 11 is 2.76. The minimum absolute atomic E-state index is 0.0340. The number of methoxy groups -OCH3 is 1. The lowest BCUT2D eigenvalue weighted by Crippen LogP contribution is -2.24. The molecule has 0 saturated heterocycles. The molecule has 0 bridgehead atoms. The van der Waals surface area contributed by atoms with Gasteiger partial charge in [0.15, 0.2) is 4.34 Å². The number of carbonyl (C=O) groups is 1. The molecule has 8 heteroatoms. The zero-order valence-corrected chi connectivity index (χ0v) is 15.8. The number of nitrogens with zero attached hydrogens (tertiary/aromatic N) is 2. The minimum atomic E-state index is -0.0340. The number of ether oxygens (including phenoxy) is 1. The SMILES string of the molecule is COc1ccccc1Nc1nnc(SCC(=O)NCc2ccccc2)s1. The molecule has 0 unspecified atom stereocenters. The third-order valence-corrected chi connectivity index (χ3v) is 5.39. The second-order valence-corrected chi connectivity index (χ2v) is 7.45. The number of para-hydroxylation sites is 2. The summed E-state index contributed by atoms with van der Waals surface area (Å²) in [4.78, 5) is 12.0. The fraction of sp³-hybridized carbons (Fsp3) is 0.167. The molecule has 1 heterocycles. The van der Waals surface area contributed by atoms with E-state index >= 15 is 0 Å². The number of thioether (sulfide) groups is 1. The van der Waals surface area contributed by atoms with E-state index in [9.17, 15) is 4.79 Å². The zero-order valence-electron chi connectivity index (χ0n) is 14.1. The summed E-state index contributed by atoms with van der Waals surface area (Å²) in [6.45, 7) is 0.525. The van der Waals surface area contributed by atoms with Crippen molar-refractivity contribution >= 4 is 39.8 Å². The van der Waals surface area contributed by atoms with Crippen LogP contribution < -0.4 is 15.4 Å². The highest BCUT2D eigenvalue weighted by atomic mass is 32.2. The van der Waals surface area contributed by atoms with Gasteiger partial charge in [-0.25, -0.2) is 0 Å².